The number of amides is 1. The number of nitrogens with one attached hydrogen (secondary N) is 1. The van der Waals surface area contributed by atoms with Crippen LogP contribution >= 0.6 is 0 Å². The number of hydrogen-bond donors (Lipinski definition) is 1. The molecular weight excluding hydrogens is 368 g/mol. The molecule has 1 N–H and O–H groups in total. The second kappa shape index (κ2) is 10.1. The Morgan fingerprint density at radius 2 is 1.72 bits per heavy atom. The molecule has 160 valence electrons. The zero-order valence-corrected chi connectivity index (χ0v) is 17.8. The van der Waals surface area contributed by atoms with Gasteiger partial charge in [-0.2, -0.15) is 0 Å². The number of methoxy groups -OCH3 is 1. The summed E-state index contributed by atoms with van der Waals surface area (Å²) in [7, 11) is 1.53. The predicted molar refractivity (Wildman–Crippen MR) is 113 cm³/mol. The number of likely N-dealkylation sites (tertiary alicyclic amines) is 1. The lowest BCUT2D eigenvalue weighted by atomic mass is 9.79. The van der Waals surface area contributed by atoms with E-state index in [0.29, 0.717) is 23.6 Å². The van der Waals surface area contributed by atoms with Crippen LogP contribution in [0.5, 0.6) is 11.5 Å². The SMILES string of the molecule is COc1cc(C(C)=O)ccc1OCC(=O)NCC1(N2CCCCC2)CCCCC1. The third kappa shape index (κ3) is 5.50. The summed E-state index contributed by atoms with van der Waals surface area (Å²) < 4.78 is 11.0. The average Bonchev–Trinajstić information content (AvgIpc) is 2.77. The molecular formula is C23H34N2O4. The molecule has 0 atom stereocenters. The van der Waals surface area contributed by atoms with Crippen molar-refractivity contribution in [1.82, 2.24) is 10.2 Å². The topological polar surface area (TPSA) is 67.9 Å². The van der Waals surface area contributed by atoms with Gasteiger partial charge >= 0.3 is 0 Å². The van der Waals surface area contributed by atoms with E-state index in [1.807, 2.05) is 0 Å². The van der Waals surface area contributed by atoms with E-state index >= 15 is 0 Å². The maximum absolute atomic E-state index is 12.5. The number of ketones is 1. The van der Waals surface area contributed by atoms with Crippen molar-refractivity contribution in [1.29, 1.82) is 0 Å². The fraction of sp³-hybridized carbons (Fsp3) is 0.652. The molecule has 1 aromatic rings. The summed E-state index contributed by atoms with van der Waals surface area (Å²) in [4.78, 5) is 26.7. The van der Waals surface area contributed by atoms with Gasteiger partial charge in [-0.15, -0.1) is 0 Å². The second-order valence-electron chi connectivity index (χ2n) is 8.32. The monoisotopic (exact) mass is 402 g/mol. The first-order valence-electron chi connectivity index (χ1n) is 10.9. The fourth-order valence-corrected chi connectivity index (χ4v) is 4.65. The van der Waals surface area contributed by atoms with Crippen molar-refractivity contribution in [3.05, 3.63) is 23.8 Å². The Morgan fingerprint density at radius 1 is 1.03 bits per heavy atom. The molecule has 3 rings (SSSR count). The van der Waals surface area contributed by atoms with Crippen molar-refractivity contribution in [3.63, 3.8) is 0 Å². The van der Waals surface area contributed by atoms with Gasteiger partial charge in [0.1, 0.15) is 0 Å². The number of carbonyl (C=O) groups is 2. The summed E-state index contributed by atoms with van der Waals surface area (Å²) in [5, 5.41) is 3.13. The van der Waals surface area contributed by atoms with Crippen LogP contribution in [-0.2, 0) is 4.79 Å². The molecule has 0 unspecified atom stereocenters. The lowest BCUT2D eigenvalue weighted by Crippen LogP contribution is -2.58. The Labute approximate surface area is 173 Å². The first kappa shape index (κ1) is 21.6. The van der Waals surface area contributed by atoms with Gasteiger partial charge in [0.15, 0.2) is 23.9 Å². The van der Waals surface area contributed by atoms with Crippen LogP contribution in [0.2, 0.25) is 0 Å². The summed E-state index contributed by atoms with van der Waals surface area (Å²) in [6.07, 6.45) is 9.93. The third-order valence-electron chi connectivity index (χ3n) is 6.35. The molecule has 1 saturated heterocycles. The molecule has 0 spiro atoms. The maximum Gasteiger partial charge on any atom is 0.258 e. The highest BCUT2D eigenvalue weighted by atomic mass is 16.5. The molecule has 6 nitrogen and oxygen atoms in total. The van der Waals surface area contributed by atoms with Crippen molar-refractivity contribution in [3.8, 4) is 11.5 Å². The summed E-state index contributed by atoms with van der Waals surface area (Å²) in [5.41, 5.74) is 0.661. The molecule has 6 heteroatoms. The van der Waals surface area contributed by atoms with Gasteiger partial charge in [0.25, 0.3) is 5.91 Å². The molecule has 1 aromatic carbocycles. The minimum absolute atomic E-state index is 0.0388. The zero-order valence-electron chi connectivity index (χ0n) is 17.8. The zero-order chi connectivity index (χ0) is 20.7. The van der Waals surface area contributed by atoms with Crippen LogP contribution in [0.25, 0.3) is 0 Å². The van der Waals surface area contributed by atoms with E-state index in [0.717, 1.165) is 25.9 Å². The molecule has 1 aliphatic heterocycles. The second-order valence-corrected chi connectivity index (χ2v) is 8.32. The molecule has 0 aromatic heterocycles. The standard InChI is InChI=1S/C23H34N2O4/c1-18(26)19-9-10-20(21(15-19)28-2)29-16-22(27)24-17-23(11-5-3-6-12-23)25-13-7-4-8-14-25/h9-10,15H,3-8,11-14,16-17H2,1-2H3,(H,24,27). The van der Waals surface area contributed by atoms with E-state index < -0.39 is 0 Å². The van der Waals surface area contributed by atoms with E-state index in [1.54, 1.807) is 18.2 Å². The molecule has 29 heavy (non-hydrogen) atoms. The van der Waals surface area contributed by atoms with Crippen molar-refractivity contribution < 1.29 is 19.1 Å². The van der Waals surface area contributed by atoms with Gasteiger partial charge < -0.3 is 14.8 Å². The number of Topliss-reactive ketones (excluding diaryl/α,β-unsaturated/α-hetero) is 1. The highest BCUT2D eigenvalue weighted by Gasteiger charge is 2.38. The van der Waals surface area contributed by atoms with E-state index in [9.17, 15) is 9.59 Å². The average molecular weight is 403 g/mol. The smallest absolute Gasteiger partial charge is 0.258 e. The first-order valence-corrected chi connectivity index (χ1v) is 10.9. The summed E-state index contributed by atoms with van der Waals surface area (Å²) in [5.74, 6) is 0.770. The summed E-state index contributed by atoms with van der Waals surface area (Å²) in [6.45, 7) is 4.42. The largest absolute Gasteiger partial charge is 0.493 e. The Morgan fingerprint density at radius 3 is 2.38 bits per heavy atom. The van der Waals surface area contributed by atoms with Gasteiger partial charge in [-0.3, -0.25) is 14.5 Å². The van der Waals surface area contributed by atoms with Crippen LogP contribution in [0.15, 0.2) is 18.2 Å². The minimum Gasteiger partial charge on any atom is -0.493 e. The van der Waals surface area contributed by atoms with Gasteiger partial charge in [-0.05, 0) is 63.9 Å². The molecule has 1 amide bonds. The number of benzene rings is 1. The van der Waals surface area contributed by atoms with Crippen LogP contribution in [-0.4, -0.2) is 55.5 Å². The fourth-order valence-electron chi connectivity index (χ4n) is 4.65. The lowest BCUT2D eigenvalue weighted by molar-refractivity contribution is -0.124. The normalized spacial score (nSPS) is 19.4. The molecule has 0 radical (unpaired) electrons. The van der Waals surface area contributed by atoms with Gasteiger partial charge in [0.05, 0.1) is 7.11 Å². The van der Waals surface area contributed by atoms with Gasteiger partial charge in [0.2, 0.25) is 0 Å². The Hall–Kier alpha value is -2.08. The van der Waals surface area contributed by atoms with Crippen molar-refractivity contribution >= 4 is 11.7 Å². The lowest BCUT2D eigenvalue weighted by Gasteiger charge is -2.48. The number of ether oxygens (including phenoxy) is 2. The molecule has 1 aliphatic carbocycles. The van der Waals surface area contributed by atoms with E-state index in [1.165, 1.54) is 52.6 Å². The van der Waals surface area contributed by atoms with E-state index in [-0.39, 0.29) is 23.8 Å². The maximum atomic E-state index is 12.5. The Kier molecular flexibility index (Phi) is 7.53. The number of piperidine rings is 1. The third-order valence-corrected chi connectivity index (χ3v) is 6.35. The highest BCUT2D eigenvalue weighted by Crippen LogP contribution is 2.35. The quantitative estimate of drug-likeness (QED) is 0.673. The van der Waals surface area contributed by atoms with Crippen molar-refractivity contribution in [2.75, 3.05) is 33.4 Å². The summed E-state index contributed by atoms with van der Waals surface area (Å²) >= 11 is 0. The van der Waals surface area contributed by atoms with E-state index in [2.05, 4.69) is 10.2 Å². The number of rotatable bonds is 8. The number of nitrogens with zero attached hydrogens (tertiary/aromatic N) is 1. The van der Waals surface area contributed by atoms with Crippen LogP contribution in [0.4, 0.5) is 0 Å². The Bertz CT molecular complexity index is 707. The van der Waals surface area contributed by atoms with Crippen LogP contribution in [0.1, 0.15) is 68.6 Å². The first-order chi connectivity index (χ1) is 14.0. The van der Waals surface area contributed by atoms with Crippen LogP contribution in [0, 0.1) is 0 Å². The number of hydrogen-bond acceptors (Lipinski definition) is 5. The predicted octanol–water partition coefficient (Wildman–Crippen LogP) is 3.58. The van der Waals surface area contributed by atoms with Crippen LogP contribution < -0.4 is 14.8 Å². The molecule has 2 fully saturated rings. The van der Waals surface area contributed by atoms with Crippen LogP contribution in [0.3, 0.4) is 0 Å². The molecule has 1 saturated carbocycles. The van der Waals surface area contributed by atoms with Gasteiger partial charge in [-0.25, -0.2) is 0 Å². The van der Waals surface area contributed by atoms with E-state index in [4.69, 9.17) is 9.47 Å². The van der Waals surface area contributed by atoms with Crippen molar-refractivity contribution in [2.24, 2.45) is 0 Å². The van der Waals surface area contributed by atoms with Crippen molar-refractivity contribution in [2.45, 2.75) is 63.8 Å². The minimum atomic E-state index is -0.121. The van der Waals surface area contributed by atoms with Gasteiger partial charge in [0, 0.05) is 17.6 Å². The molecule has 2 aliphatic rings. The highest BCUT2D eigenvalue weighted by molar-refractivity contribution is 5.94. The summed E-state index contributed by atoms with van der Waals surface area (Å²) in [6, 6.07) is 5.01. The number of carbonyl (C=O) groups excluding carboxylic acids is 2. The Balaban J connectivity index is 1.56. The van der Waals surface area contributed by atoms with Gasteiger partial charge in [-0.1, -0.05) is 25.7 Å². The molecule has 0 bridgehead atoms. The molecule has 1 heterocycles.